The minimum Gasteiger partial charge on any atom is -0.494 e. The average Bonchev–Trinajstić information content (AvgIpc) is 3.31. The number of hydrogen-bond donors (Lipinski definition) is 1. The van der Waals surface area contributed by atoms with Crippen LogP contribution < -0.4 is 10.1 Å². The molecule has 2 aromatic carbocycles. The smallest absolute Gasteiger partial charge is 0.227 e. The highest BCUT2D eigenvalue weighted by Gasteiger charge is 2.25. The van der Waals surface area contributed by atoms with E-state index in [9.17, 15) is 0 Å². The second-order valence-electron chi connectivity index (χ2n) is 8.12. The second kappa shape index (κ2) is 9.62. The highest BCUT2D eigenvalue weighted by molar-refractivity contribution is 5.62. The number of fused-ring (bicyclic) bond motifs is 1. The van der Waals surface area contributed by atoms with Gasteiger partial charge in [-0.3, -0.25) is 0 Å². The maximum atomic E-state index is 5.89. The number of ether oxygens (including phenoxy) is 3. The van der Waals surface area contributed by atoms with Crippen LogP contribution in [0, 0.1) is 6.92 Å². The van der Waals surface area contributed by atoms with E-state index in [-0.39, 0.29) is 6.10 Å². The van der Waals surface area contributed by atoms with Gasteiger partial charge in [-0.2, -0.15) is 0 Å². The molecule has 1 aliphatic heterocycles. The molecule has 5 rings (SSSR count). The fourth-order valence-electron chi connectivity index (χ4n) is 4.21. The molecular formula is C26H27N5O3. The highest BCUT2D eigenvalue weighted by Crippen LogP contribution is 2.33. The lowest BCUT2D eigenvalue weighted by Crippen LogP contribution is -2.20. The molecule has 0 saturated heterocycles. The van der Waals surface area contributed by atoms with Crippen LogP contribution in [0.2, 0.25) is 0 Å². The van der Waals surface area contributed by atoms with Crippen molar-refractivity contribution < 1.29 is 14.2 Å². The van der Waals surface area contributed by atoms with Gasteiger partial charge in [0.05, 0.1) is 49.4 Å². The third-order valence-electron chi connectivity index (χ3n) is 5.87. The first-order valence-electron chi connectivity index (χ1n) is 11.2. The monoisotopic (exact) mass is 457 g/mol. The maximum Gasteiger partial charge on any atom is 0.227 e. The van der Waals surface area contributed by atoms with Crippen LogP contribution in [0.3, 0.4) is 0 Å². The molecule has 0 bridgehead atoms. The summed E-state index contributed by atoms with van der Waals surface area (Å²) < 4.78 is 19.2. The van der Waals surface area contributed by atoms with Crippen molar-refractivity contribution in [2.45, 2.75) is 26.1 Å². The molecule has 1 unspecified atom stereocenters. The third-order valence-corrected chi connectivity index (χ3v) is 5.87. The van der Waals surface area contributed by atoms with E-state index in [4.69, 9.17) is 24.2 Å². The van der Waals surface area contributed by atoms with Gasteiger partial charge >= 0.3 is 0 Å². The van der Waals surface area contributed by atoms with E-state index >= 15 is 0 Å². The van der Waals surface area contributed by atoms with Crippen molar-refractivity contribution in [1.82, 2.24) is 19.5 Å². The minimum atomic E-state index is -0.318. The number of aromatic nitrogens is 4. The summed E-state index contributed by atoms with van der Waals surface area (Å²) in [5.41, 5.74) is 6.49. The summed E-state index contributed by atoms with van der Waals surface area (Å²) >= 11 is 0. The van der Waals surface area contributed by atoms with Gasteiger partial charge in [-0.1, -0.05) is 30.3 Å². The number of nitrogens with zero attached hydrogens (tertiary/aromatic N) is 4. The Bertz CT molecular complexity index is 1290. The number of imidazole rings is 1. The van der Waals surface area contributed by atoms with Crippen molar-refractivity contribution in [2.24, 2.45) is 0 Å². The van der Waals surface area contributed by atoms with Crippen LogP contribution in [0.25, 0.3) is 5.69 Å². The molecule has 1 atom stereocenters. The molecule has 3 heterocycles. The standard InChI is InChI=1S/C26H27N5O3/c1-17-14-31(16-27-17)22-10-9-19(13-23(22)32-2)28-26-29-21-11-12-34-15-20(21)24(30-26)25(33-3)18-7-5-4-6-8-18/h4-10,13-14,16,25H,11-12,15H2,1-3H3,(H,28,29,30). The molecular weight excluding hydrogens is 430 g/mol. The second-order valence-corrected chi connectivity index (χ2v) is 8.12. The van der Waals surface area contributed by atoms with E-state index in [0.29, 0.717) is 24.9 Å². The van der Waals surface area contributed by atoms with E-state index in [2.05, 4.69) is 10.3 Å². The van der Waals surface area contributed by atoms with Gasteiger partial charge in [-0.25, -0.2) is 15.0 Å². The number of aryl methyl sites for hydroxylation is 1. The van der Waals surface area contributed by atoms with Gasteiger partial charge in [0.15, 0.2) is 0 Å². The van der Waals surface area contributed by atoms with Gasteiger partial charge in [0.2, 0.25) is 5.95 Å². The molecule has 8 nitrogen and oxygen atoms in total. The topological polar surface area (TPSA) is 83.3 Å². The SMILES string of the molecule is COc1cc(Nc2nc3c(c(C(OC)c4ccccc4)n2)COCC3)ccc1-n1cnc(C)c1. The molecule has 34 heavy (non-hydrogen) atoms. The van der Waals surface area contributed by atoms with E-state index in [1.165, 1.54) is 0 Å². The molecule has 4 aromatic rings. The Labute approximate surface area is 198 Å². The Morgan fingerprint density at radius 1 is 1.09 bits per heavy atom. The predicted molar refractivity (Wildman–Crippen MR) is 129 cm³/mol. The lowest BCUT2D eigenvalue weighted by atomic mass is 9.99. The van der Waals surface area contributed by atoms with Crippen molar-refractivity contribution >= 4 is 11.6 Å². The molecule has 1 N–H and O–H groups in total. The summed E-state index contributed by atoms with van der Waals surface area (Å²) in [4.78, 5) is 14.0. The number of rotatable bonds is 7. The number of benzene rings is 2. The predicted octanol–water partition coefficient (Wildman–Crippen LogP) is 4.53. The van der Waals surface area contributed by atoms with Crippen LogP contribution in [0.1, 0.15) is 34.3 Å². The molecule has 8 heteroatoms. The summed E-state index contributed by atoms with van der Waals surface area (Å²) in [6, 6.07) is 16.0. The summed E-state index contributed by atoms with van der Waals surface area (Å²) in [6.45, 7) is 3.07. The van der Waals surface area contributed by atoms with Crippen molar-refractivity contribution in [1.29, 1.82) is 0 Å². The first-order chi connectivity index (χ1) is 16.7. The molecule has 0 radical (unpaired) electrons. The summed E-state index contributed by atoms with van der Waals surface area (Å²) in [7, 11) is 3.35. The van der Waals surface area contributed by atoms with E-state index in [1.54, 1.807) is 20.5 Å². The van der Waals surface area contributed by atoms with Crippen molar-refractivity contribution in [3.8, 4) is 11.4 Å². The Morgan fingerprint density at radius 3 is 2.68 bits per heavy atom. The fraction of sp³-hybridized carbons (Fsp3) is 0.269. The largest absolute Gasteiger partial charge is 0.494 e. The van der Waals surface area contributed by atoms with Crippen LogP contribution in [-0.2, 0) is 22.5 Å². The molecule has 0 spiro atoms. The summed E-state index contributed by atoms with van der Waals surface area (Å²) in [5, 5.41) is 3.36. The van der Waals surface area contributed by atoms with Crippen LogP contribution in [0.5, 0.6) is 5.75 Å². The van der Waals surface area contributed by atoms with E-state index < -0.39 is 0 Å². The maximum absolute atomic E-state index is 5.89. The van der Waals surface area contributed by atoms with Crippen molar-refractivity contribution in [3.63, 3.8) is 0 Å². The van der Waals surface area contributed by atoms with Gasteiger partial charge in [0, 0.05) is 37.0 Å². The average molecular weight is 458 g/mol. The Morgan fingerprint density at radius 2 is 1.94 bits per heavy atom. The minimum absolute atomic E-state index is 0.318. The Balaban J connectivity index is 1.51. The van der Waals surface area contributed by atoms with Crippen LogP contribution in [0.15, 0.2) is 61.1 Å². The zero-order chi connectivity index (χ0) is 23.5. The lowest BCUT2D eigenvalue weighted by Gasteiger charge is -2.24. The molecule has 174 valence electrons. The number of methoxy groups -OCH3 is 2. The van der Waals surface area contributed by atoms with E-state index in [0.717, 1.165) is 46.0 Å². The third kappa shape index (κ3) is 4.37. The lowest BCUT2D eigenvalue weighted by molar-refractivity contribution is 0.0980. The summed E-state index contributed by atoms with van der Waals surface area (Å²) in [6.07, 6.45) is 4.14. The number of anilines is 2. The summed E-state index contributed by atoms with van der Waals surface area (Å²) in [5.74, 6) is 1.23. The fourth-order valence-corrected chi connectivity index (χ4v) is 4.21. The highest BCUT2D eigenvalue weighted by atomic mass is 16.5. The molecule has 0 fully saturated rings. The van der Waals surface area contributed by atoms with Crippen LogP contribution in [-0.4, -0.2) is 40.3 Å². The van der Waals surface area contributed by atoms with Gasteiger partial charge in [0.1, 0.15) is 11.9 Å². The number of hydrogen-bond acceptors (Lipinski definition) is 7. The van der Waals surface area contributed by atoms with Gasteiger partial charge in [0.25, 0.3) is 0 Å². The molecule has 2 aromatic heterocycles. The Hall–Kier alpha value is -3.75. The van der Waals surface area contributed by atoms with E-state index in [1.807, 2.05) is 66.2 Å². The molecule has 0 aliphatic carbocycles. The zero-order valence-electron chi connectivity index (χ0n) is 19.5. The van der Waals surface area contributed by atoms with Gasteiger partial charge < -0.3 is 24.1 Å². The van der Waals surface area contributed by atoms with Crippen LogP contribution in [0.4, 0.5) is 11.6 Å². The normalized spacial score (nSPS) is 13.9. The zero-order valence-corrected chi connectivity index (χ0v) is 19.5. The molecule has 0 saturated carbocycles. The molecule has 1 aliphatic rings. The number of nitrogens with one attached hydrogen (secondary N) is 1. The van der Waals surface area contributed by atoms with Crippen molar-refractivity contribution in [2.75, 3.05) is 26.1 Å². The first-order valence-corrected chi connectivity index (χ1v) is 11.2. The quantitative estimate of drug-likeness (QED) is 0.436. The van der Waals surface area contributed by atoms with Crippen molar-refractivity contribution in [3.05, 3.63) is 89.3 Å². The first kappa shape index (κ1) is 22.1. The van der Waals surface area contributed by atoms with Crippen LogP contribution >= 0.6 is 0 Å². The van der Waals surface area contributed by atoms with Gasteiger partial charge in [-0.15, -0.1) is 0 Å². The molecule has 0 amide bonds. The Kier molecular flexibility index (Phi) is 6.24. The van der Waals surface area contributed by atoms with Gasteiger partial charge in [-0.05, 0) is 24.6 Å².